The molecule has 1 atom stereocenters. The number of hydrogen-bond donors (Lipinski definition) is 3. The van der Waals surface area contributed by atoms with Crippen LogP contribution in [0.4, 0.5) is 13.2 Å². The molecule has 0 radical (unpaired) electrons. The first-order valence-corrected chi connectivity index (χ1v) is 14.6. The molecule has 0 saturated carbocycles. The Morgan fingerprint density at radius 3 is 2.28 bits per heavy atom. The van der Waals surface area contributed by atoms with Gasteiger partial charge in [-0.1, -0.05) is 49.2 Å². The third kappa shape index (κ3) is 9.76. The van der Waals surface area contributed by atoms with E-state index < -0.39 is 28.2 Å². The number of carboxylic acid groups (broad SMARTS) is 1. The number of alkyl halides is 3. The highest BCUT2D eigenvalue weighted by atomic mass is 32.2. The number of carboxylic acids is 1. The number of hydrogen-bond acceptors (Lipinski definition) is 6. The number of ketones is 1. The fourth-order valence-electron chi connectivity index (χ4n) is 4.13. The van der Waals surface area contributed by atoms with Gasteiger partial charge < -0.3 is 14.9 Å². The van der Waals surface area contributed by atoms with Crippen LogP contribution in [0.15, 0.2) is 77.8 Å². The lowest BCUT2D eigenvalue weighted by molar-refractivity contribution is -0.192. The van der Waals surface area contributed by atoms with Gasteiger partial charge in [0.25, 0.3) is 0 Å². The predicted molar refractivity (Wildman–Crippen MR) is 153 cm³/mol. The van der Waals surface area contributed by atoms with Crippen LogP contribution in [0, 0.1) is 11.3 Å². The van der Waals surface area contributed by atoms with E-state index in [0.29, 0.717) is 24.2 Å². The maximum Gasteiger partial charge on any atom is 0.490 e. The minimum atomic E-state index is -5.08. The number of halogens is 3. The molecule has 226 valence electrons. The number of carbonyl (C=O) groups excluding carboxylic acids is 1. The normalized spacial score (nSPS) is 12.2. The van der Waals surface area contributed by atoms with E-state index in [2.05, 4.69) is 26.8 Å². The number of imidazole rings is 1. The van der Waals surface area contributed by atoms with Crippen molar-refractivity contribution in [3.8, 4) is 17.3 Å². The zero-order valence-electron chi connectivity index (χ0n) is 23.1. The van der Waals surface area contributed by atoms with Gasteiger partial charge in [-0.3, -0.25) is 0 Å². The molecular formula is C30H29F3N4O5S. The van der Waals surface area contributed by atoms with E-state index in [4.69, 9.17) is 15.2 Å². The molecule has 0 aliphatic rings. The summed E-state index contributed by atoms with van der Waals surface area (Å²) in [5.41, 5.74) is 2.15. The summed E-state index contributed by atoms with van der Waals surface area (Å²) in [6.07, 6.45) is 0.00245. The molecule has 9 nitrogen and oxygen atoms in total. The van der Waals surface area contributed by atoms with Gasteiger partial charge in [0, 0.05) is 12.0 Å². The molecule has 4 aromatic rings. The monoisotopic (exact) mass is 614 g/mol. The fourth-order valence-corrected chi connectivity index (χ4v) is 5.37. The van der Waals surface area contributed by atoms with Gasteiger partial charge in [-0.05, 0) is 60.9 Å². The van der Waals surface area contributed by atoms with Crippen LogP contribution in [0.3, 0.4) is 0 Å². The molecule has 0 spiro atoms. The maximum absolute atomic E-state index is 13.1. The van der Waals surface area contributed by atoms with Crippen molar-refractivity contribution in [1.82, 2.24) is 14.7 Å². The van der Waals surface area contributed by atoms with Gasteiger partial charge in [-0.2, -0.15) is 18.4 Å². The minimum Gasteiger partial charge on any atom is -0.475 e. The average Bonchev–Trinajstić information content (AvgIpc) is 3.46. The van der Waals surface area contributed by atoms with Crippen LogP contribution in [-0.2, 0) is 19.6 Å². The first-order valence-electron chi connectivity index (χ1n) is 13.2. The van der Waals surface area contributed by atoms with E-state index in [9.17, 15) is 26.4 Å². The Kier molecular flexibility index (Phi) is 11.2. The molecule has 0 aliphatic carbocycles. The number of carbonyl (C=O) groups is 2. The van der Waals surface area contributed by atoms with E-state index in [1.54, 1.807) is 13.1 Å². The zero-order chi connectivity index (χ0) is 31.6. The predicted octanol–water partition coefficient (Wildman–Crippen LogP) is 6.29. The van der Waals surface area contributed by atoms with Gasteiger partial charge in [0.2, 0.25) is 10.0 Å². The first kappa shape index (κ1) is 33.0. The summed E-state index contributed by atoms with van der Waals surface area (Å²) in [7, 11) is -3.85. The molecule has 4 rings (SSSR count). The number of sulfonamides is 1. The zero-order valence-corrected chi connectivity index (χ0v) is 23.9. The molecule has 0 fully saturated rings. The van der Waals surface area contributed by atoms with Crippen LogP contribution >= 0.6 is 0 Å². The number of benzene rings is 3. The Bertz CT molecular complexity index is 1710. The summed E-state index contributed by atoms with van der Waals surface area (Å²) in [6, 6.07) is 21.5. The van der Waals surface area contributed by atoms with Crippen molar-refractivity contribution in [2.24, 2.45) is 0 Å². The van der Waals surface area contributed by atoms with Crippen LogP contribution in [-0.4, -0.2) is 41.4 Å². The molecule has 0 bridgehead atoms. The third-order valence-corrected chi connectivity index (χ3v) is 7.83. The molecule has 1 aromatic heterocycles. The van der Waals surface area contributed by atoms with Gasteiger partial charge in [0.05, 0.1) is 34.5 Å². The van der Waals surface area contributed by atoms with Crippen molar-refractivity contribution < 1.29 is 36.3 Å². The maximum atomic E-state index is 13.1. The number of aliphatic carboxylic acids is 1. The molecule has 0 amide bonds. The molecule has 3 N–H and O–H groups in total. The van der Waals surface area contributed by atoms with Crippen molar-refractivity contribution in [3.05, 3.63) is 84.3 Å². The Morgan fingerprint density at radius 1 is 1.02 bits per heavy atom. The summed E-state index contributed by atoms with van der Waals surface area (Å²) in [5.74, 6) is -2.08. The van der Waals surface area contributed by atoms with E-state index in [1.165, 1.54) is 24.3 Å². The highest BCUT2D eigenvalue weighted by molar-refractivity contribution is 7.89. The number of nitriles is 1. The number of H-pyrrole nitrogens is 1. The molecule has 13 heteroatoms. The van der Waals surface area contributed by atoms with Gasteiger partial charge in [-0.15, -0.1) is 0 Å². The second-order valence-electron chi connectivity index (χ2n) is 9.66. The van der Waals surface area contributed by atoms with Crippen molar-refractivity contribution in [2.45, 2.75) is 56.1 Å². The van der Waals surface area contributed by atoms with Crippen molar-refractivity contribution >= 4 is 32.5 Å². The highest BCUT2D eigenvalue weighted by Crippen LogP contribution is 2.27. The minimum absolute atomic E-state index is 0.0874. The number of Topliss-reactive ketones (excluding diaryl/α,β-unsaturated/α-hetero) is 1. The fraction of sp³-hybridized carbons (Fsp3) is 0.267. The van der Waals surface area contributed by atoms with Gasteiger partial charge in [0.1, 0.15) is 11.6 Å². The summed E-state index contributed by atoms with van der Waals surface area (Å²) in [6.45, 7) is 1.58. The number of fused-ring (bicyclic) bond motifs is 1. The summed E-state index contributed by atoms with van der Waals surface area (Å²) >= 11 is 0. The van der Waals surface area contributed by atoms with Crippen molar-refractivity contribution in [2.75, 3.05) is 0 Å². The summed E-state index contributed by atoms with van der Waals surface area (Å²) in [5, 5.41) is 18.4. The largest absolute Gasteiger partial charge is 0.490 e. The average molecular weight is 615 g/mol. The summed E-state index contributed by atoms with van der Waals surface area (Å²) in [4.78, 5) is 28.1. The molecule has 0 unspecified atom stereocenters. The lowest BCUT2D eigenvalue weighted by Gasteiger charge is -2.17. The van der Waals surface area contributed by atoms with E-state index in [1.807, 2.05) is 36.4 Å². The molecule has 0 saturated heterocycles. The van der Waals surface area contributed by atoms with Crippen molar-refractivity contribution in [1.29, 1.82) is 5.26 Å². The summed E-state index contributed by atoms with van der Waals surface area (Å²) < 4.78 is 60.8. The lowest BCUT2D eigenvalue weighted by atomic mass is 10.1. The topological polar surface area (TPSA) is 153 Å². The standard InChI is InChI=1S/C28H28N4O3S.C2HF3O2/c1-20(33)7-3-2-4-10-26(32-36(34,35)25-15-11-21(18-29)12-16-25)28-30-19-27(31-28)24-14-13-22-8-5-6-9-23(22)17-24;3-2(4,5)1(6)7/h5-6,8-9,11-17,19,26,32H,2-4,7,10H2,1H3,(H,30,31);(H,6,7)/t26-;/m0./s1. The van der Waals surface area contributed by atoms with Gasteiger partial charge in [-0.25, -0.2) is 22.9 Å². The number of nitrogens with zero attached hydrogens (tertiary/aromatic N) is 2. The molecule has 3 aromatic carbocycles. The van der Waals surface area contributed by atoms with Crippen LogP contribution in [0.5, 0.6) is 0 Å². The Labute approximate surface area is 246 Å². The quantitative estimate of drug-likeness (QED) is 0.168. The SMILES string of the molecule is CC(=O)CCCCC[C@H](NS(=O)(=O)c1ccc(C#N)cc1)c1ncc(-c2ccc3ccccc3c2)[nH]1.O=C(O)C(F)(F)F. The molecule has 43 heavy (non-hydrogen) atoms. The van der Waals surface area contributed by atoms with Crippen LogP contribution in [0.25, 0.3) is 22.0 Å². The number of rotatable bonds is 11. The van der Waals surface area contributed by atoms with E-state index in [-0.39, 0.29) is 10.7 Å². The van der Waals surface area contributed by atoms with Crippen LogP contribution in [0.1, 0.15) is 56.5 Å². The van der Waals surface area contributed by atoms with Crippen LogP contribution < -0.4 is 4.72 Å². The number of aromatic nitrogens is 2. The molecule has 0 aliphatic heterocycles. The molecular weight excluding hydrogens is 585 g/mol. The number of unbranched alkanes of at least 4 members (excludes halogenated alkanes) is 2. The second-order valence-corrected chi connectivity index (χ2v) is 11.4. The van der Waals surface area contributed by atoms with Gasteiger partial charge >= 0.3 is 12.1 Å². The van der Waals surface area contributed by atoms with E-state index >= 15 is 0 Å². The Morgan fingerprint density at radius 2 is 1.67 bits per heavy atom. The Balaban J connectivity index is 0.000000646. The van der Waals surface area contributed by atoms with E-state index in [0.717, 1.165) is 41.3 Å². The third-order valence-electron chi connectivity index (χ3n) is 6.34. The van der Waals surface area contributed by atoms with Gasteiger partial charge in [0.15, 0.2) is 0 Å². The smallest absolute Gasteiger partial charge is 0.475 e. The lowest BCUT2D eigenvalue weighted by Crippen LogP contribution is -2.29. The highest BCUT2D eigenvalue weighted by Gasteiger charge is 2.38. The second kappa shape index (κ2) is 14.6. The number of aromatic amines is 1. The van der Waals surface area contributed by atoms with Crippen LogP contribution in [0.2, 0.25) is 0 Å². The first-order chi connectivity index (χ1) is 20.3. The number of nitrogens with one attached hydrogen (secondary N) is 2. The van der Waals surface area contributed by atoms with Crippen molar-refractivity contribution in [3.63, 3.8) is 0 Å². The molecule has 1 heterocycles. The Hall–Kier alpha value is -4.54.